The molecule has 0 aliphatic carbocycles. The van der Waals surface area contributed by atoms with Gasteiger partial charge in [0.25, 0.3) is 0 Å². The van der Waals surface area contributed by atoms with Crippen LogP contribution in [0.3, 0.4) is 0 Å². The van der Waals surface area contributed by atoms with Gasteiger partial charge < -0.3 is 14.8 Å². The third-order valence-electron chi connectivity index (χ3n) is 3.34. The van der Waals surface area contributed by atoms with Crippen molar-refractivity contribution in [3.63, 3.8) is 0 Å². The first-order valence-corrected chi connectivity index (χ1v) is 8.18. The maximum Gasteiger partial charge on any atom is 0.119 e. The van der Waals surface area contributed by atoms with E-state index >= 15 is 0 Å². The van der Waals surface area contributed by atoms with E-state index in [9.17, 15) is 0 Å². The normalized spacial score (nSPS) is 12.6. The summed E-state index contributed by atoms with van der Waals surface area (Å²) in [6.45, 7) is 10.9. The maximum absolute atomic E-state index is 5.65. The van der Waals surface area contributed by atoms with Crippen LogP contribution in [0.5, 0.6) is 5.75 Å². The van der Waals surface area contributed by atoms with Crippen LogP contribution >= 0.6 is 0 Å². The molecule has 1 N–H and O–H groups in total. The summed E-state index contributed by atoms with van der Waals surface area (Å²) < 4.78 is 11.1. The van der Waals surface area contributed by atoms with Crippen molar-refractivity contribution in [2.75, 3.05) is 19.8 Å². The molecule has 1 rings (SSSR count). The second kappa shape index (κ2) is 10.6. The third kappa shape index (κ3) is 8.74. The summed E-state index contributed by atoms with van der Waals surface area (Å²) in [5.41, 5.74) is 1.37. The van der Waals surface area contributed by atoms with E-state index < -0.39 is 0 Å². The largest absolute Gasteiger partial charge is 0.491 e. The molecular formula is C18H31NO2. The second-order valence-corrected chi connectivity index (χ2v) is 5.81. The average molecular weight is 293 g/mol. The molecule has 3 heteroatoms. The number of aryl methyl sites for hydroxylation is 1. The van der Waals surface area contributed by atoms with Crippen LogP contribution in [0.2, 0.25) is 0 Å². The SMILES string of the molecule is CCCNC(C)CCc1ccc(OCCOC(C)C)cc1. The number of hydrogen-bond acceptors (Lipinski definition) is 3. The smallest absolute Gasteiger partial charge is 0.119 e. The van der Waals surface area contributed by atoms with Crippen molar-refractivity contribution in [1.82, 2.24) is 5.32 Å². The molecule has 1 unspecified atom stereocenters. The van der Waals surface area contributed by atoms with Gasteiger partial charge in [-0.05, 0) is 64.3 Å². The van der Waals surface area contributed by atoms with E-state index in [2.05, 4.69) is 43.4 Å². The summed E-state index contributed by atoms with van der Waals surface area (Å²) in [6.07, 6.45) is 3.73. The van der Waals surface area contributed by atoms with E-state index in [-0.39, 0.29) is 6.10 Å². The van der Waals surface area contributed by atoms with Gasteiger partial charge in [-0.25, -0.2) is 0 Å². The first-order chi connectivity index (χ1) is 10.1. The van der Waals surface area contributed by atoms with Gasteiger partial charge in [0.2, 0.25) is 0 Å². The molecule has 0 fully saturated rings. The van der Waals surface area contributed by atoms with Crippen LogP contribution in [0.4, 0.5) is 0 Å². The Hall–Kier alpha value is -1.06. The van der Waals surface area contributed by atoms with E-state index in [0.29, 0.717) is 19.3 Å². The number of hydrogen-bond donors (Lipinski definition) is 1. The molecule has 0 bridgehead atoms. The molecule has 0 saturated heterocycles. The molecule has 0 aromatic heterocycles. The van der Waals surface area contributed by atoms with E-state index in [0.717, 1.165) is 18.7 Å². The minimum Gasteiger partial charge on any atom is -0.491 e. The molecular weight excluding hydrogens is 262 g/mol. The predicted molar refractivity (Wildman–Crippen MR) is 89.1 cm³/mol. The lowest BCUT2D eigenvalue weighted by molar-refractivity contribution is 0.0552. The number of nitrogens with one attached hydrogen (secondary N) is 1. The Balaban J connectivity index is 2.23. The Bertz CT molecular complexity index is 362. The lowest BCUT2D eigenvalue weighted by Crippen LogP contribution is -2.27. The van der Waals surface area contributed by atoms with Gasteiger partial charge in [-0.2, -0.15) is 0 Å². The van der Waals surface area contributed by atoms with Crippen molar-refractivity contribution in [2.24, 2.45) is 0 Å². The molecule has 1 aromatic carbocycles. The molecule has 0 amide bonds. The Kier molecular flexibility index (Phi) is 9.11. The summed E-state index contributed by atoms with van der Waals surface area (Å²) in [7, 11) is 0. The Labute approximate surface area is 130 Å². The summed E-state index contributed by atoms with van der Waals surface area (Å²) in [5.74, 6) is 0.920. The summed E-state index contributed by atoms with van der Waals surface area (Å²) in [5, 5.41) is 3.52. The topological polar surface area (TPSA) is 30.5 Å². The number of ether oxygens (including phenoxy) is 2. The first-order valence-electron chi connectivity index (χ1n) is 8.18. The van der Waals surface area contributed by atoms with Crippen LogP contribution in [0.25, 0.3) is 0 Å². The molecule has 0 aliphatic rings. The van der Waals surface area contributed by atoms with Crippen LogP contribution in [0, 0.1) is 0 Å². The van der Waals surface area contributed by atoms with Crippen molar-refractivity contribution >= 4 is 0 Å². The lowest BCUT2D eigenvalue weighted by atomic mass is 10.1. The standard InChI is InChI=1S/C18H31NO2/c1-5-12-19-16(4)6-7-17-8-10-18(11-9-17)21-14-13-20-15(2)3/h8-11,15-16,19H,5-7,12-14H2,1-4H3. The summed E-state index contributed by atoms with van der Waals surface area (Å²) in [4.78, 5) is 0. The molecule has 0 spiro atoms. The summed E-state index contributed by atoms with van der Waals surface area (Å²) >= 11 is 0. The van der Waals surface area contributed by atoms with Gasteiger partial charge in [0.1, 0.15) is 12.4 Å². The Morgan fingerprint density at radius 2 is 1.76 bits per heavy atom. The maximum atomic E-state index is 5.65. The second-order valence-electron chi connectivity index (χ2n) is 5.81. The molecule has 3 nitrogen and oxygen atoms in total. The lowest BCUT2D eigenvalue weighted by Gasteiger charge is -2.13. The van der Waals surface area contributed by atoms with Gasteiger partial charge in [-0.3, -0.25) is 0 Å². The predicted octanol–water partition coefficient (Wildman–Crippen LogP) is 3.81. The van der Waals surface area contributed by atoms with E-state index in [1.807, 2.05) is 13.8 Å². The fourth-order valence-corrected chi connectivity index (χ4v) is 2.07. The molecule has 1 atom stereocenters. The van der Waals surface area contributed by atoms with Crippen LogP contribution in [0.15, 0.2) is 24.3 Å². The Morgan fingerprint density at radius 3 is 2.38 bits per heavy atom. The molecule has 1 aromatic rings. The molecule has 0 aliphatic heterocycles. The fourth-order valence-electron chi connectivity index (χ4n) is 2.07. The minimum atomic E-state index is 0.263. The zero-order valence-corrected chi connectivity index (χ0v) is 14.0. The molecule has 21 heavy (non-hydrogen) atoms. The quantitative estimate of drug-likeness (QED) is 0.629. The zero-order valence-electron chi connectivity index (χ0n) is 14.0. The number of rotatable bonds is 11. The van der Waals surface area contributed by atoms with Gasteiger partial charge in [0.05, 0.1) is 12.7 Å². The highest BCUT2D eigenvalue weighted by molar-refractivity contribution is 5.27. The molecule has 0 saturated carbocycles. The highest BCUT2D eigenvalue weighted by Crippen LogP contribution is 2.14. The van der Waals surface area contributed by atoms with Crippen molar-refractivity contribution in [3.05, 3.63) is 29.8 Å². The average Bonchev–Trinajstić information content (AvgIpc) is 2.48. The van der Waals surface area contributed by atoms with Crippen LogP contribution in [-0.4, -0.2) is 31.9 Å². The first kappa shape index (κ1) is 18.0. The van der Waals surface area contributed by atoms with Gasteiger partial charge in [0.15, 0.2) is 0 Å². The highest BCUT2D eigenvalue weighted by Gasteiger charge is 2.02. The van der Waals surface area contributed by atoms with Gasteiger partial charge >= 0.3 is 0 Å². The Morgan fingerprint density at radius 1 is 1.05 bits per heavy atom. The summed E-state index contributed by atoms with van der Waals surface area (Å²) in [6, 6.07) is 8.99. The van der Waals surface area contributed by atoms with Gasteiger partial charge in [0, 0.05) is 6.04 Å². The fraction of sp³-hybridized carbons (Fsp3) is 0.667. The van der Waals surface area contributed by atoms with Crippen LogP contribution in [-0.2, 0) is 11.2 Å². The van der Waals surface area contributed by atoms with Gasteiger partial charge in [-0.1, -0.05) is 19.1 Å². The van der Waals surface area contributed by atoms with Gasteiger partial charge in [-0.15, -0.1) is 0 Å². The minimum absolute atomic E-state index is 0.263. The molecule has 120 valence electrons. The van der Waals surface area contributed by atoms with Crippen molar-refractivity contribution in [3.8, 4) is 5.75 Å². The zero-order chi connectivity index (χ0) is 15.5. The van der Waals surface area contributed by atoms with Crippen molar-refractivity contribution < 1.29 is 9.47 Å². The van der Waals surface area contributed by atoms with Crippen LogP contribution < -0.4 is 10.1 Å². The monoisotopic (exact) mass is 293 g/mol. The van der Waals surface area contributed by atoms with E-state index in [1.54, 1.807) is 0 Å². The number of benzene rings is 1. The molecule has 0 radical (unpaired) electrons. The van der Waals surface area contributed by atoms with E-state index in [1.165, 1.54) is 18.4 Å². The highest BCUT2D eigenvalue weighted by atomic mass is 16.5. The van der Waals surface area contributed by atoms with Crippen molar-refractivity contribution in [2.45, 2.75) is 59.1 Å². The van der Waals surface area contributed by atoms with Crippen molar-refractivity contribution in [1.29, 1.82) is 0 Å². The van der Waals surface area contributed by atoms with E-state index in [4.69, 9.17) is 9.47 Å². The molecule has 0 heterocycles. The van der Waals surface area contributed by atoms with Crippen LogP contribution in [0.1, 0.15) is 46.1 Å². The third-order valence-corrected chi connectivity index (χ3v) is 3.34.